The maximum atomic E-state index is 12.5. The van der Waals surface area contributed by atoms with Crippen molar-refractivity contribution in [2.45, 2.75) is 170 Å². The van der Waals surface area contributed by atoms with Crippen LogP contribution in [-0.2, 0) is 42.8 Å². The van der Waals surface area contributed by atoms with Gasteiger partial charge in [-0.3, -0.25) is 19.8 Å². The van der Waals surface area contributed by atoms with Crippen molar-refractivity contribution in [2.75, 3.05) is 26.4 Å². The maximum Gasteiger partial charge on any atom is 0.234 e. The van der Waals surface area contributed by atoms with E-state index < -0.39 is 111 Å². The molecule has 0 bridgehead atoms. The second kappa shape index (κ2) is 23.5. The van der Waals surface area contributed by atoms with Crippen LogP contribution in [0.25, 0.3) is 0 Å². The summed E-state index contributed by atoms with van der Waals surface area (Å²) in [4.78, 5) is 36.5. The van der Waals surface area contributed by atoms with Crippen molar-refractivity contribution in [3.05, 3.63) is 0 Å². The molecule has 0 spiro atoms. The van der Waals surface area contributed by atoms with Crippen LogP contribution in [0.4, 0.5) is 0 Å². The minimum atomic E-state index is -1.87. The molecule has 21 heteroatoms. The highest BCUT2D eigenvalue weighted by Gasteiger charge is 2.52. The number of amides is 1. The van der Waals surface area contributed by atoms with E-state index in [9.17, 15) is 60.3 Å². The third-order valence-corrected chi connectivity index (χ3v) is 9.83. The number of ether oxygens (including phenoxy) is 6. The van der Waals surface area contributed by atoms with Crippen LogP contribution in [0.1, 0.15) is 71.6 Å². The summed E-state index contributed by atoms with van der Waals surface area (Å²) < 4.78 is 33.5. The summed E-state index contributed by atoms with van der Waals surface area (Å²) in [5.74, 6) is -0.525. The number of aliphatic hydroxyl groups excluding tert-OH is 9. The van der Waals surface area contributed by atoms with E-state index in [-0.39, 0.29) is 49.8 Å². The first kappa shape index (κ1) is 47.5. The topological polar surface area (TPSA) is 339 Å². The first-order chi connectivity index (χ1) is 26.1. The Morgan fingerprint density at radius 2 is 1.31 bits per heavy atom. The molecule has 3 saturated heterocycles. The molecular formula is C34H61N3O18. The predicted octanol–water partition coefficient (Wildman–Crippen LogP) is -4.90. The molecule has 21 nitrogen and oxygen atoms in total. The standard InChI is InChI=1S/C34H61N3O18/c1-16(39)19(10-5-6-12-35)36-37-22(41)11-4-3-8-18(40)9-7-13-50-33-30(49)31(55-34-29(48)27(46)24(43)20(14-38)53-34)25(44)21(54-33)15-51-32-28(47)26(45)23(42)17(2)52-32/h17,19-21,23-34,36,38,42-49H,3-15,35H2,1-2H3,(H,37,41)/t17-,19-,20+,21+,23+,24+,25+,26-,27-,28-,29-,30-,31-,32+,33-,34+/m0/s1. The number of unbranched alkanes of at least 4 members (excludes halogenated alkanes) is 2. The van der Waals surface area contributed by atoms with Crippen LogP contribution >= 0.6 is 0 Å². The van der Waals surface area contributed by atoms with Gasteiger partial charge in [0.05, 0.1) is 32.0 Å². The summed E-state index contributed by atoms with van der Waals surface area (Å²) in [6.07, 6.45) is -20.1. The molecule has 0 saturated carbocycles. The first-order valence-electron chi connectivity index (χ1n) is 18.8. The van der Waals surface area contributed by atoms with Gasteiger partial charge in [0, 0.05) is 19.3 Å². The zero-order chi connectivity index (χ0) is 40.8. The Bertz CT molecular complexity index is 1170. The highest BCUT2D eigenvalue weighted by molar-refractivity contribution is 5.82. The minimum Gasteiger partial charge on any atom is -0.394 e. The van der Waals surface area contributed by atoms with E-state index in [0.29, 0.717) is 25.8 Å². The summed E-state index contributed by atoms with van der Waals surface area (Å²) >= 11 is 0. The molecule has 0 aromatic carbocycles. The van der Waals surface area contributed by atoms with Gasteiger partial charge < -0.3 is 80.1 Å². The first-order valence-corrected chi connectivity index (χ1v) is 18.8. The number of hydrazine groups is 1. The highest BCUT2D eigenvalue weighted by Crippen LogP contribution is 2.31. The molecular weight excluding hydrogens is 738 g/mol. The molecule has 16 atom stereocenters. The summed E-state index contributed by atoms with van der Waals surface area (Å²) in [7, 11) is 0. The average molecular weight is 800 g/mol. The molecule has 3 heterocycles. The van der Waals surface area contributed by atoms with E-state index in [1.165, 1.54) is 13.8 Å². The quantitative estimate of drug-likeness (QED) is 0.0340. The van der Waals surface area contributed by atoms with Gasteiger partial charge in [0.1, 0.15) is 78.7 Å². The average Bonchev–Trinajstić information content (AvgIpc) is 3.15. The molecule has 0 radical (unpaired) electrons. The number of hydrogen-bond acceptors (Lipinski definition) is 20. The number of nitrogens with two attached hydrogens (primary N) is 1. The second-order valence-electron chi connectivity index (χ2n) is 14.2. The lowest BCUT2D eigenvalue weighted by Gasteiger charge is -2.46. The Kier molecular flexibility index (Phi) is 20.3. The molecule has 0 aromatic heterocycles. The van der Waals surface area contributed by atoms with Crippen LogP contribution in [0, 0.1) is 0 Å². The Hall–Kier alpha value is -1.87. The number of nitrogens with one attached hydrogen (secondary N) is 2. The van der Waals surface area contributed by atoms with Gasteiger partial charge in [0.15, 0.2) is 18.9 Å². The third-order valence-electron chi connectivity index (χ3n) is 9.83. The molecule has 0 aliphatic carbocycles. The van der Waals surface area contributed by atoms with Crippen molar-refractivity contribution in [1.82, 2.24) is 10.9 Å². The Labute approximate surface area is 318 Å². The van der Waals surface area contributed by atoms with E-state index >= 15 is 0 Å². The molecule has 3 fully saturated rings. The normalized spacial score (nSPS) is 37.3. The van der Waals surface area contributed by atoms with Crippen LogP contribution in [-0.4, -0.2) is 188 Å². The van der Waals surface area contributed by atoms with Gasteiger partial charge in [-0.05, 0) is 52.5 Å². The van der Waals surface area contributed by atoms with E-state index in [1.54, 1.807) is 0 Å². The zero-order valence-corrected chi connectivity index (χ0v) is 31.2. The van der Waals surface area contributed by atoms with Gasteiger partial charge >= 0.3 is 0 Å². The molecule has 0 aromatic rings. The van der Waals surface area contributed by atoms with E-state index in [0.717, 1.165) is 12.8 Å². The van der Waals surface area contributed by atoms with Crippen molar-refractivity contribution in [3.8, 4) is 0 Å². The molecule has 3 aliphatic heterocycles. The van der Waals surface area contributed by atoms with Crippen molar-refractivity contribution < 1.29 is 88.8 Å². The van der Waals surface area contributed by atoms with Crippen molar-refractivity contribution in [3.63, 3.8) is 0 Å². The fourth-order valence-electron chi connectivity index (χ4n) is 6.32. The second-order valence-corrected chi connectivity index (χ2v) is 14.2. The predicted molar refractivity (Wildman–Crippen MR) is 185 cm³/mol. The van der Waals surface area contributed by atoms with Gasteiger partial charge in [-0.1, -0.05) is 6.42 Å². The number of ketones is 2. The van der Waals surface area contributed by atoms with Crippen LogP contribution in [0.5, 0.6) is 0 Å². The third kappa shape index (κ3) is 13.9. The summed E-state index contributed by atoms with van der Waals surface area (Å²) in [6.45, 7) is 1.96. The zero-order valence-electron chi connectivity index (χ0n) is 31.2. The Morgan fingerprint density at radius 3 is 1.98 bits per heavy atom. The molecule has 3 rings (SSSR count). The number of carbonyl (C=O) groups excluding carboxylic acids is 3. The molecule has 1 amide bonds. The van der Waals surface area contributed by atoms with E-state index in [4.69, 9.17) is 34.2 Å². The largest absolute Gasteiger partial charge is 0.394 e. The molecule has 55 heavy (non-hydrogen) atoms. The van der Waals surface area contributed by atoms with Crippen LogP contribution < -0.4 is 16.6 Å². The highest BCUT2D eigenvalue weighted by atomic mass is 16.7. The summed E-state index contributed by atoms with van der Waals surface area (Å²) in [5, 5.41) is 93.2. The monoisotopic (exact) mass is 799 g/mol. The van der Waals surface area contributed by atoms with Crippen LogP contribution in [0.3, 0.4) is 0 Å². The van der Waals surface area contributed by atoms with Crippen molar-refractivity contribution >= 4 is 17.5 Å². The number of Topliss-reactive ketones (excluding diaryl/α,β-unsaturated/α-hetero) is 2. The lowest BCUT2D eigenvalue weighted by Crippen LogP contribution is -2.65. The lowest BCUT2D eigenvalue weighted by atomic mass is 9.97. The smallest absolute Gasteiger partial charge is 0.234 e. The number of hydrogen-bond donors (Lipinski definition) is 12. The molecule has 320 valence electrons. The summed E-state index contributed by atoms with van der Waals surface area (Å²) in [6, 6.07) is -0.510. The van der Waals surface area contributed by atoms with Gasteiger partial charge in [-0.15, -0.1) is 0 Å². The lowest BCUT2D eigenvalue weighted by molar-refractivity contribution is -0.365. The SMILES string of the molecule is CC(=O)[C@H](CCCCN)NNC(=O)CCCCC(=O)CCCO[C@H]1O[C@H](CO[C@@H]2O[C@@H](C)[C@@H](O)[C@H](O)[C@@H]2O)[C@@H](O)[C@H](O[C@H]2O[C@H](CO)[C@@H](O)[C@H](O)[C@@H]2O)[C@@H]1O. The molecule has 0 unspecified atom stereocenters. The Balaban J connectivity index is 1.51. The van der Waals surface area contributed by atoms with Gasteiger partial charge in [-0.25, -0.2) is 5.43 Å². The number of carbonyl (C=O) groups is 3. The Morgan fingerprint density at radius 1 is 0.691 bits per heavy atom. The van der Waals surface area contributed by atoms with Gasteiger partial charge in [-0.2, -0.15) is 0 Å². The van der Waals surface area contributed by atoms with Crippen molar-refractivity contribution in [2.24, 2.45) is 5.73 Å². The fourth-order valence-corrected chi connectivity index (χ4v) is 6.32. The fraction of sp³-hybridized carbons (Fsp3) is 0.912. The summed E-state index contributed by atoms with van der Waals surface area (Å²) in [5.41, 5.74) is 10.8. The minimum absolute atomic E-state index is 0.0862. The maximum absolute atomic E-state index is 12.5. The molecule has 3 aliphatic rings. The van der Waals surface area contributed by atoms with Crippen LogP contribution in [0.2, 0.25) is 0 Å². The molecule has 13 N–H and O–H groups in total. The van der Waals surface area contributed by atoms with Gasteiger partial charge in [0.2, 0.25) is 5.91 Å². The number of rotatable bonds is 23. The van der Waals surface area contributed by atoms with E-state index in [1.807, 2.05) is 0 Å². The van der Waals surface area contributed by atoms with Crippen LogP contribution in [0.15, 0.2) is 0 Å². The van der Waals surface area contributed by atoms with Gasteiger partial charge in [0.25, 0.3) is 0 Å². The van der Waals surface area contributed by atoms with E-state index in [2.05, 4.69) is 10.9 Å². The van der Waals surface area contributed by atoms with Crippen molar-refractivity contribution in [1.29, 1.82) is 0 Å². The number of aliphatic hydroxyl groups is 9.